The fraction of sp³-hybridized carbons (Fsp3) is 0.450. The molecule has 742 valence electrons. The lowest BCUT2D eigenvalue weighted by Crippen LogP contribution is -2.45. The molecule has 6 aliphatic rings. The average Bonchev–Trinajstić information content (AvgIpc) is 1.60. The van der Waals surface area contributed by atoms with E-state index in [0.717, 1.165) is 168 Å². The number of thioether (sulfide) groups is 5. The molecular weight excluding hydrogens is 1880 g/mol. The van der Waals surface area contributed by atoms with Crippen molar-refractivity contribution in [2.75, 3.05) is 26.2 Å². The van der Waals surface area contributed by atoms with Gasteiger partial charge in [0, 0.05) is 135 Å². The quantitative estimate of drug-likeness (QED) is 0.0446. The SMILES string of the molecule is CC(F)(F)c1cccc(SCc2cccc(C(=O)N3CCCCCC3)n2)c1.CC1(C)C[C@@H]2C[C@@](C)(CN2C(=O)c2cccc(CSc3cccc(C(F)(F)F)c3)n2)C1.CC1CCC(C)N1C(=O)c1cccc(CSc2cccc(C(F)(F)F)c2)n1.CCC1CCC(C)N(C(=O)c2cccc(CSc3cccc(C(C)(F)F)c3)n2)C1.Cc1cccc(C)c1SCc1cccc(C(=O)NC2CCCCC2)n1. The number of aryl methyl sites for hydroxylation is 2. The number of carbonyl (C=O) groups excluding carboxylic acids is 5. The molecule has 0 spiro atoms. The van der Waals surface area contributed by atoms with Crippen LogP contribution in [0.15, 0.2) is 231 Å². The van der Waals surface area contributed by atoms with Gasteiger partial charge >= 0.3 is 12.4 Å². The van der Waals surface area contributed by atoms with Crippen LogP contribution >= 0.6 is 58.8 Å². The van der Waals surface area contributed by atoms with Crippen LogP contribution in [0, 0.1) is 30.6 Å². The Bertz CT molecular complexity index is 5780. The Hall–Kier alpha value is -9.75. The minimum atomic E-state index is -4.36. The Morgan fingerprint density at radius 3 is 1.19 bits per heavy atom. The molecule has 5 aromatic heterocycles. The molecule has 2 saturated carbocycles. The third-order valence-electron chi connectivity index (χ3n) is 26.0. The first-order valence-electron chi connectivity index (χ1n) is 47.9. The molecule has 2 aliphatic carbocycles. The number of aromatic nitrogens is 5. The first-order chi connectivity index (χ1) is 66.0. The largest absolute Gasteiger partial charge is 0.416 e. The summed E-state index contributed by atoms with van der Waals surface area (Å²) in [6, 6.07) is 58.1. The van der Waals surface area contributed by atoms with Crippen LogP contribution in [0.3, 0.4) is 0 Å². The van der Waals surface area contributed by atoms with Gasteiger partial charge in [0.25, 0.3) is 41.4 Å². The maximum atomic E-state index is 13.5. The molecule has 9 heterocycles. The standard InChI is InChI=1S/C24H27F3N2OS.C23H28F2N2OS.C21H24F2N2OS.C21H26N2OS.C20H21F3N2OS/c1-22(2)11-18-12-23(3,14-22)15-29(18)21(30)20-9-5-7-17(28-20)13-31-19-8-4-6-16(10-19)24(25,26)27;1-4-17-12-11-16(2)27(14-17)22(28)21-10-6-8-19(26-21)15-29-20-9-5-7-18(13-20)23(3,24)25;1-21(22,23)16-8-6-10-18(14-16)27-15-17-9-7-11-19(24-17)20(26)25-12-4-2-3-5-13-25;1-15-8-6-9-16(2)20(15)25-14-18-12-7-13-19(22-18)21(24)23-17-10-4-3-5-11-17;1-13-9-10-14(2)25(13)19(26)18-8-4-6-16(24-18)12-27-17-7-3-5-15(11-17)20(21,22)23/h4-10,18H,11-15H2,1-3H3;5-10,13,16-17H,4,11-12,14-15H2,1-3H3;6-11,14H,2-5,12-13,15H2,1H3;6-9,12-13,17H,3-5,10-11,14H2,1-2H3,(H,23,24);3-8,11,13-14H,9-10,12H2,1-2H3/t18-,23-;;;;/m1..../s1. The smallest absolute Gasteiger partial charge is 0.348 e. The van der Waals surface area contributed by atoms with E-state index in [9.17, 15) is 67.9 Å². The zero-order chi connectivity index (χ0) is 100.0. The van der Waals surface area contributed by atoms with Crippen LogP contribution in [0.5, 0.6) is 0 Å². The number of carbonyl (C=O) groups is 5. The van der Waals surface area contributed by atoms with Crippen LogP contribution in [0.4, 0.5) is 43.9 Å². The summed E-state index contributed by atoms with van der Waals surface area (Å²) in [5.74, 6) is -2.74. The third kappa shape index (κ3) is 31.9. The molecule has 5 amide bonds. The van der Waals surface area contributed by atoms with E-state index in [2.05, 4.69) is 96.9 Å². The molecule has 139 heavy (non-hydrogen) atoms. The summed E-state index contributed by atoms with van der Waals surface area (Å²) < 4.78 is 131. The fourth-order valence-corrected chi connectivity index (χ4v) is 23.4. The lowest BCUT2D eigenvalue weighted by molar-refractivity contribution is -0.138. The van der Waals surface area contributed by atoms with Crippen molar-refractivity contribution in [3.05, 3.63) is 297 Å². The van der Waals surface area contributed by atoms with E-state index in [-0.39, 0.29) is 75.7 Å². The van der Waals surface area contributed by atoms with Crippen molar-refractivity contribution < 1.29 is 67.9 Å². The van der Waals surface area contributed by atoms with Gasteiger partial charge in [-0.05, 0) is 254 Å². The van der Waals surface area contributed by atoms with Gasteiger partial charge in [-0.1, -0.05) is 151 Å². The van der Waals surface area contributed by atoms with Crippen LogP contribution < -0.4 is 5.32 Å². The molecule has 4 unspecified atom stereocenters. The van der Waals surface area contributed by atoms with Gasteiger partial charge < -0.3 is 24.9 Å². The number of amides is 5. The monoisotopic (exact) mass is 2000 g/mol. The second-order valence-electron chi connectivity index (χ2n) is 38.4. The summed E-state index contributed by atoms with van der Waals surface area (Å²) in [4.78, 5) is 98.4. The molecule has 6 fully saturated rings. The van der Waals surface area contributed by atoms with Crippen molar-refractivity contribution >= 4 is 88.3 Å². The first-order valence-corrected chi connectivity index (χ1v) is 52.8. The molecular formula is C109H126F10N10O5S5. The third-order valence-corrected chi connectivity index (χ3v) is 31.5. The van der Waals surface area contributed by atoms with Gasteiger partial charge in [-0.25, -0.2) is 42.5 Å². The van der Waals surface area contributed by atoms with Gasteiger partial charge in [0.2, 0.25) is 0 Å². The Kier molecular flexibility index (Phi) is 38.3. The van der Waals surface area contributed by atoms with E-state index in [1.165, 1.54) is 138 Å². The number of benzene rings is 5. The van der Waals surface area contributed by atoms with Gasteiger partial charge in [-0.3, -0.25) is 24.0 Å². The highest BCUT2D eigenvalue weighted by molar-refractivity contribution is 7.99. The lowest BCUT2D eigenvalue weighted by Gasteiger charge is -2.39. The topological polar surface area (TPSA) is 175 Å². The van der Waals surface area contributed by atoms with Crippen LogP contribution in [0.1, 0.15) is 286 Å². The molecule has 0 radical (unpaired) electrons. The highest BCUT2D eigenvalue weighted by Crippen LogP contribution is 2.53. The highest BCUT2D eigenvalue weighted by Gasteiger charge is 2.51. The van der Waals surface area contributed by atoms with Crippen molar-refractivity contribution in [3.63, 3.8) is 0 Å². The summed E-state index contributed by atoms with van der Waals surface area (Å²) in [6.07, 6.45) is 9.99. The lowest BCUT2D eigenvalue weighted by atomic mass is 9.65. The number of rotatable bonds is 24. The van der Waals surface area contributed by atoms with Gasteiger partial charge in [-0.2, -0.15) is 26.3 Å². The first kappa shape index (κ1) is 108. The maximum absolute atomic E-state index is 13.5. The highest BCUT2D eigenvalue weighted by atomic mass is 32.2. The van der Waals surface area contributed by atoms with Gasteiger partial charge in [0.1, 0.15) is 28.5 Å². The number of hydrogen-bond donors (Lipinski definition) is 1. The molecule has 16 rings (SSSR count). The number of halogens is 10. The zero-order valence-electron chi connectivity index (χ0n) is 80.9. The van der Waals surface area contributed by atoms with Crippen LogP contribution in [0.25, 0.3) is 0 Å². The molecule has 4 saturated heterocycles. The number of piperidine rings is 1. The summed E-state index contributed by atoms with van der Waals surface area (Å²) in [5, 5.41) is 3.15. The van der Waals surface area contributed by atoms with Crippen molar-refractivity contribution in [2.45, 2.75) is 293 Å². The molecule has 4 aliphatic heterocycles. The number of hydrogen-bond acceptors (Lipinski definition) is 15. The number of fused-ring (bicyclic) bond motifs is 2. The van der Waals surface area contributed by atoms with Crippen molar-refractivity contribution in [2.24, 2.45) is 16.7 Å². The Morgan fingerprint density at radius 2 is 0.763 bits per heavy atom. The molecule has 2 bridgehead atoms. The maximum Gasteiger partial charge on any atom is 0.416 e. The molecule has 6 atom stereocenters. The molecule has 30 heteroatoms. The van der Waals surface area contributed by atoms with E-state index >= 15 is 0 Å². The van der Waals surface area contributed by atoms with E-state index in [1.807, 2.05) is 94.1 Å². The van der Waals surface area contributed by atoms with Crippen LogP contribution in [-0.2, 0) is 53.0 Å². The minimum Gasteiger partial charge on any atom is -0.348 e. The number of alkyl halides is 10. The number of nitrogens with zero attached hydrogens (tertiary/aromatic N) is 9. The zero-order valence-corrected chi connectivity index (χ0v) is 84.9. The Labute approximate surface area is 832 Å². The molecule has 5 aromatic carbocycles. The van der Waals surface area contributed by atoms with Crippen LogP contribution in [-0.4, -0.2) is 130 Å². The molecule has 1 N–H and O–H groups in total. The number of nitrogens with one attached hydrogen (secondary N) is 1. The van der Waals surface area contributed by atoms with E-state index in [1.54, 1.807) is 78.5 Å². The predicted octanol–water partition coefficient (Wildman–Crippen LogP) is 28.5. The summed E-state index contributed by atoms with van der Waals surface area (Å²) >= 11 is 7.23. The van der Waals surface area contributed by atoms with E-state index < -0.39 is 35.3 Å². The number of pyridine rings is 5. The fourth-order valence-electron chi connectivity index (χ4n) is 18.9. The second-order valence-corrected chi connectivity index (χ2v) is 43.6. The molecule has 10 aromatic rings. The average molecular weight is 2010 g/mol. The number of likely N-dealkylation sites (tertiary alicyclic amines) is 4. The normalized spacial score (nSPS) is 19.4. The Balaban J connectivity index is 0.000000156. The summed E-state index contributed by atoms with van der Waals surface area (Å²) in [6.45, 7) is 24.3. The van der Waals surface area contributed by atoms with Crippen molar-refractivity contribution in [1.29, 1.82) is 0 Å². The summed E-state index contributed by atoms with van der Waals surface area (Å²) in [7, 11) is 0. The molecule has 15 nitrogen and oxygen atoms in total. The summed E-state index contributed by atoms with van der Waals surface area (Å²) in [5.41, 5.74) is 7.73. The Morgan fingerprint density at radius 1 is 0.403 bits per heavy atom. The van der Waals surface area contributed by atoms with E-state index in [4.69, 9.17) is 0 Å². The van der Waals surface area contributed by atoms with Crippen molar-refractivity contribution in [1.82, 2.24) is 49.8 Å². The van der Waals surface area contributed by atoms with Crippen LogP contribution in [0.2, 0.25) is 0 Å². The van der Waals surface area contributed by atoms with E-state index in [0.29, 0.717) is 84.6 Å². The van der Waals surface area contributed by atoms with Gasteiger partial charge in [-0.15, -0.1) is 58.8 Å². The second kappa shape index (κ2) is 49.3. The van der Waals surface area contributed by atoms with Crippen molar-refractivity contribution in [3.8, 4) is 0 Å². The van der Waals surface area contributed by atoms with Gasteiger partial charge in [0.15, 0.2) is 0 Å². The minimum absolute atomic E-state index is 0.00366. The predicted molar refractivity (Wildman–Crippen MR) is 537 cm³/mol. The van der Waals surface area contributed by atoms with Gasteiger partial charge in [0.05, 0.1) is 39.6 Å².